The summed E-state index contributed by atoms with van der Waals surface area (Å²) in [4.78, 5) is 39.2. The number of hydrogen-bond donors (Lipinski definition) is 3. The van der Waals surface area contributed by atoms with Gasteiger partial charge in [0.2, 0.25) is 11.8 Å². The molecule has 4 amide bonds. The minimum Gasteiger partial charge on any atom is -0.342 e. The van der Waals surface area contributed by atoms with Crippen molar-refractivity contribution in [3.8, 4) is 0 Å². The predicted octanol–water partition coefficient (Wildman–Crippen LogP) is 2.31. The maximum Gasteiger partial charge on any atom is 0.319 e. The molecule has 2 fully saturated rings. The maximum atomic E-state index is 13.3. The van der Waals surface area contributed by atoms with Gasteiger partial charge in [0.05, 0.1) is 6.04 Å². The number of carbonyl (C=O) groups is 3. The van der Waals surface area contributed by atoms with Crippen LogP contribution in [0, 0.1) is 5.82 Å². The van der Waals surface area contributed by atoms with Gasteiger partial charge in [-0.05, 0) is 42.3 Å². The third-order valence-corrected chi connectivity index (χ3v) is 5.52. The van der Waals surface area contributed by atoms with Gasteiger partial charge in [0.25, 0.3) is 0 Å². The van der Waals surface area contributed by atoms with E-state index in [0.717, 1.165) is 5.56 Å². The Kier molecular flexibility index (Phi) is 5.59. The van der Waals surface area contributed by atoms with Crippen LogP contribution in [0.3, 0.4) is 0 Å². The van der Waals surface area contributed by atoms with E-state index in [9.17, 15) is 18.8 Å². The number of benzene rings is 2. The summed E-state index contributed by atoms with van der Waals surface area (Å²) in [6.45, 7) is 0.241. The van der Waals surface area contributed by atoms with Crippen LogP contribution in [0.15, 0.2) is 48.5 Å². The highest BCUT2D eigenvalue weighted by Gasteiger charge is 2.46. The highest BCUT2D eigenvalue weighted by molar-refractivity contribution is 6.30. The lowest BCUT2D eigenvalue weighted by Gasteiger charge is -2.34. The van der Waals surface area contributed by atoms with Crippen LogP contribution in [-0.2, 0) is 16.0 Å². The van der Waals surface area contributed by atoms with E-state index >= 15 is 0 Å². The van der Waals surface area contributed by atoms with Gasteiger partial charge in [-0.2, -0.15) is 0 Å². The molecule has 30 heavy (non-hydrogen) atoms. The molecular weight excluding hydrogens is 411 g/mol. The number of rotatable bonds is 4. The molecule has 9 heteroatoms. The average Bonchev–Trinajstić information content (AvgIpc) is 3.12. The molecule has 0 spiro atoms. The standard InChI is InChI=1S/C21H20ClFN4O3/c22-13-6-4-12(5-7-13)8-17-20(29)27-11-16(10-18(27)19(28)26-17)25-21(30)24-15-3-1-2-14(23)9-15/h1-7,9,16-18H,8,10-11H2,(H,26,28)(H2,24,25,30)/t16-,17-,18-/m0/s1. The number of nitrogens with one attached hydrogen (secondary N) is 3. The van der Waals surface area contributed by atoms with Crippen LogP contribution in [0.5, 0.6) is 0 Å². The van der Waals surface area contributed by atoms with Crippen molar-refractivity contribution in [2.75, 3.05) is 11.9 Å². The molecule has 2 aromatic rings. The van der Waals surface area contributed by atoms with Gasteiger partial charge in [0, 0.05) is 23.7 Å². The van der Waals surface area contributed by atoms with Crippen molar-refractivity contribution in [2.24, 2.45) is 0 Å². The Bertz CT molecular complexity index is 984. The number of fused-ring (bicyclic) bond motifs is 1. The zero-order chi connectivity index (χ0) is 21.3. The van der Waals surface area contributed by atoms with Crippen LogP contribution in [0.4, 0.5) is 14.9 Å². The number of urea groups is 1. The van der Waals surface area contributed by atoms with Crippen molar-refractivity contribution in [1.82, 2.24) is 15.5 Å². The molecule has 0 radical (unpaired) electrons. The molecule has 0 aromatic heterocycles. The molecule has 2 aromatic carbocycles. The molecule has 2 heterocycles. The van der Waals surface area contributed by atoms with Crippen molar-refractivity contribution in [3.63, 3.8) is 0 Å². The summed E-state index contributed by atoms with van der Waals surface area (Å²) in [5.74, 6) is -0.868. The fraction of sp³-hybridized carbons (Fsp3) is 0.286. The molecule has 3 atom stereocenters. The molecule has 0 unspecified atom stereocenters. The topological polar surface area (TPSA) is 90.5 Å². The van der Waals surface area contributed by atoms with Crippen LogP contribution in [0.2, 0.25) is 5.02 Å². The zero-order valence-electron chi connectivity index (χ0n) is 15.9. The van der Waals surface area contributed by atoms with Crippen molar-refractivity contribution < 1.29 is 18.8 Å². The van der Waals surface area contributed by atoms with Crippen molar-refractivity contribution in [3.05, 3.63) is 64.9 Å². The first kappa shape index (κ1) is 20.2. The first-order valence-corrected chi connectivity index (χ1v) is 9.95. The molecule has 7 nitrogen and oxygen atoms in total. The molecule has 4 rings (SSSR count). The fourth-order valence-corrected chi connectivity index (χ4v) is 4.00. The quantitative estimate of drug-likeness (QED) is 0.695. The van der Waals surface area contributed by atoms with Gasteiger partial charge in [-0.15, -0.1) is 0 Å². The van der Waals surface area contributed by atoms with Crippen LogP contribution in [0.25, 0.3) is 0 Å². The molecule has 2 saturated heterocycles. The smallest absolute Gasteiger partial charge is 0.319 e. The molecule has 2 aliphatic heterocycles. The van der Waals surface area contributed by atoms with Gasteiger partial charge >= 0.3 is 6.03 Å². The maximum absolute atomic E-state index is 13.3. The van der Waals surface area contributed by atoms with E-state index in [-0.39, 0.29) is 24.4 Å². The van der Waals surface area contributed by atoms with E-state index in [1.165, 1.54) is 23.1 Å². The first-order valence-electron chi connectivity index (χ1n) is 9.57. The van der Waals surface area contributed by atoms with E-state index < -0.39 is 23.9 Å². The van der Waals surface area contributed by atoms with Crippen LogP contribution < -0.4 is 16.0 Å². The third kappa shape index (κ3) is 4.38. The summed E-state index contributed by atoms with van der Waals surface area (Å²) in [6, 6.07) is 10.5. The van der Waals surface area contributed by atoms with Gasteiger partial charge in [-0.25, -0.2) is 9.18 Å². The minimum atomic E-state index is -0.658. The van der Waals surface area contributed by atoms with E-state index in [1.807, 2.05) is 12.1 Å². The summed E-state index contributed by atoms with van der Waals surface area (Å²) in [6.07, 6.45) is 0.685. The molecular formula is C21H20ClFN4O3. The van der Waals surface area contributed by atoms with Gasteiger partial charge < -0.3 is 20.9 Å². The zero-order valence-corrected chi connectivity index (χ0v) is 16.7. The Balaban J connectivity index is 1.37. The van der Waals surface area contributed by atoms with Crippen LogP contribution >= 0.6 is 11.6 Å². The van der Waals surface area contributed by atoms with Gasteiger partial charge in [0.15, 0.2) is 0 Å². The van der Waals surface area contributed by atoms with Crippen molar-refractivity contribution >= 4 is 35.1 Å². The van der Waals surface area contributed by atoms with Gasteiger partial charge in [-0.3, -0.25) is 9.59 Å². The highest BCUT2D eigenvalue weighted by Crippen LogP contribution is 2.24. The van der Waals surface area contributed by atoms with E-state index in [4.69, 9.17) is 11.6 Å². The summed E-state index contributed by atoms with van der Waals surface area (Å²) in [7, 11) is 0. The number of halogens is 2. The monoisotopic (exact) mass is 430 g/mol. The normalized spacial score (nSPS) is 23.0. The molecule has 0 bridgehead atoms. The summed E-state index contributed by atoms with van der Waals surface area (Å²) in [5.41, 5.74) is 1.21. The molecule has 2 aliphatic rings. The number of hydrogen-bond acceptors (Lipinski definition) is 3. The van der Waals surface area contributed by atoms with Crippen LogP contribution in [0.1, 0.15) is 12.0 Å². The SMILES string of the molecule is O=C(Nc1cccc(F)c1)N[C@H]1C[C@H]2C(=O)N[C@@H](Cc3ccc(Cl)cc3)C(=O)N2C1. The second-order valence-electron chi connectivity index (χ2n) is 7.44. The first-order chi connectivity index (χ1) is 14.4. The molecule has 0 saturated carbocycles. The summed E-state index contributed by atoms with van der Waals surface area (Å²) >= 11 is 5.89. The second kappa shape index (κ2) is 8.31. The van der Waals surface area contributed by atoms with E-state index in [0.29, 0.717) is 23.6 Å². The van der Waals surface area contributed by atoms with Crippen LogP contribution in [-0.4, -0.2) is 47.4 Å². The van der Waals surface area contributed by atoms with Gasteiger partial charge in [0.1, 0.15) is 17.9 Å². The Hall–Kier alpha value is -3.13. The number of nitrogens with zero attached hydrogens (tertiary/aromatic N) is 1. The van der Waals surface area contributed by atoms with E-state index in [2.05, 4.69) is 16.0 Å². The number of amides is 4. The Morgan fingerprint density at radius 3 is 2.70 bits per heavy atom. The molecule has 0 aliphatic carbocycles. The number of anilines is 1. The van der Waals surface area contributed by atoms with E-state index in [1.54, 1.807) is 18.2 Å². The van der Waals surface area contributed by atoms with Crippen molar-refractivity contribution in [2.45, 2.75) is 31.0 Å². The lowest BCUT2D eigenvalue weighted by atomic mass is 10.0. The Morgan fingerprint density at radius 1 is 1.20 bits per heavy atom. The summed E-state index contributed by atoms with van der Waals surface area (Å²) < 4.78 is 13.3. The number of carbonyl (C=O) groups excluding carboxylic acids is 3. The Morgan fingerprint density at radius 2 is 1.97 bits per heavy atom. The lowest BCUT2D eigenvalue weighted by Crippen LogP contribution is -2.61. The second-order valence-corrected chi connectivity index (χ2v) is 7.88. The van der Waals surface area contributed by atoms with Gasteiger partial charge in [-0.1, -0.05) is 29.8 Å². The summed E-state index contributed by atoms with van der Waals surface area (Å²) in [5, 5.41) is 8.70. The average molecular weight is 431 g/mol. The largest absolute Gasteiger partial charge is 0.342 e. The van der Waals surface area contributed by atoms with Crippen molar-refractivity contribution in [1.29, 1.82) is 0 Å². The predicted molar refractivity (Wildman–Crippen MR) is 110 cm³/mol. The lowest BCUT2D eigenvalue weighted by molar-refractivity contribution is -0.147. The molecule has 3 N–H and O–H groups in total. The fourth-order valence-electron chi connectivity index (χ4n) is 3.88. The minimum absolute atomic E-state index is 0.176. The molecule has 156 valence electrons. The third-order valence-electron chi connectivity index (χ3n) is 5.27. The number of piperazine rings is 1. The Labute approximate surface area is 177 Å². The highest BCUT2D eigenvalue weighted by atomic mass is 35.5.